The Morgan fingerprint density at radius 3 is 2.23 bits per heavy atom. The van der Waals surface area contributed by atoms with Gasteiger partial charge in [0.15, 0.2) is 0 Å². The van der Waals surface area contributed by atoms with Crippen LogP contribution >= 0.6 is 27.7 Å². The van der Waals surface area contributed by atoms with Crippen molar-refractivity contribution in [3.63, 3.8) is 0 Å². The third-order valence-corrected chi connectivity index (χ3v) is 6.73. The molecule has 0 saturated carbocycles. The molecular formula is C25H33BrN2O2S. The van der Waals surface area contributed by atoms with Crippen LogP contribution in [0.15, 0.2) is 46.9 Å². The zero-order chi connectivity index (χ0) is 23.0. The SMILES string of the molecule is CC[C@@H](C)NC(=O)[C@H](C)N(Cc1ccc(Br)cc1)C(=O)CSCc1cc(C)cc(C)c1. The third kappa shape index (κ3) is 8.34. The number of thioether (sulfide) groups is 1. The lowest BCUT2D eigenvalue weighted by Crippen LogP contribution is -2.50. The van der Waals surface area contributed by atoms with Gasteiger partial charge in [-0.05, 0) is 57.4 Å². The van der Waals surface area contributed by atoms with Gasteiger partial charge in [-0.2, -0.15) is 0 Å². The van der Waals surface area contributed by atoms with Gasteiger partial charge in [0.25, 0.3) is 0 Å². The molecule has 0 unspecified atom stereocenters. The van der Waals surface area contributed by atoms with E-state index < -0.39 is 6.04 Å². The predicted molar refractivity (Wildman–Crippen MR) is 134 cm³/mol. The highest BCUT2D eigenvalue weighted by Crippen LogP contribution is 2.19. The zero-order valence-corrected chi connectivity index (χ0v) is 21.5. The summed E-state index contributed by atoms with van der Waals surface area (Å²) in [5.74, 6) is 0.974. The largest absolute Gasteiger partial charge is 0.352 e. The summed E-state index contributed by atoms with van der Waals surface area (Å²) in [6.07, 6.45) is 0.852. The highest BCUT2D eigenvalue weighted by molar-refractivity contribution is 9.10. The van der Waals surface area contributed by atoms with Crippen molar-refractivity contribution in [3.8, 4) is 0 Å². The summed E-state index contributed by atoms with van der Waals surface area (Å²) in [6.45, 7) is 10.4. The van der Waals surface area contributed by atoms with Crippen molar-refractivity contribution in [2.45, 2.75) is 65.4 Å². The Morgan fingerprint density at radius 1 is 1.03 bits per heavy atom. The lowest BCUT2D eigenvalue weighted by Gasteiger charge is -2.29. The van der Waals surface area contributed by atoms with Crippen LogP contribution in [0.2, 0.25) is 0 Å². The topological polar surface area (TPSA) is 49.4 Å². The Bertz CT molecular complexity index is 865. The van der Waals surface area contributed by atoms with Crippen LogP contribution in [-0.2, 0) is 21.9 Å². The molecule has 0 aliphatic rings. The summed E-state index contributed by atoms with van der Waals surface area (Å²) in [5, 5.41) is 3.01. The van der Waals surface area contributed by atoms with E-state index in [1.807, 2.05) is 45.0 Å². The Balaban J connectivity index is 2.08. The standard InChI is InChI=1S/C25H33BrN2O2S/c1-6-19(4)27-25(30)20(5)28(14-21-7-9-23(26)10-8-21)24(29)16-31-15-22-12-17(2)11-18(3)13-22/h7-13,19-20H,6,14-16H2,1-5H3,(H,27,30)/t19-,20+/m1/s1. The molecule has 1 N–H and O–H groups in total. The first-order chi connectivity index (χ1) is 14.7. The number of carbonyl (C=O) groups is 2. The van der Waals surface area contributed by atoms with E-state index in [4.69, 9.17) is 0 Å². The normalized spacial score (nSPS) is 12.8. The molecule has 0 aliphatic heterocycles. The molecule has 0 heterocycles. The van der Waals surface area contributed by atoms with Gasteiger partial charge >= 0.3 is 0 Å². The van der Waals surface area contributed by atoms with Gasteiger partial charge in [-0.25, -0.2) is 0 Å². The van der Waals surface area contributed by atoms with Gasteiger partial charge in [-0.1, -0.05) is 64.3 Å². The van der Waals surface area contributed by atoms with Gasteiger partial charge in [0.2, 0.25) is 11.8 Å². The van der Waals surface area contributed by atoms with Gasteiger partial charge in [0, 0.05) is 22.8 Å². The van der Waals surface area contributed by atoms with Gasteiger partial charge in [-0.15, -0.1) is 11.8 Å². The highest BCUT2D eigenvalue weighted by atomic mass is 79.9. The second-order valence-electron chi connectivity index (χ2n) is 8.13. The van der Waals surface area contributed by atoms with Crippen LogP contribution < -0.4 is 5.32 Å². The molecule has 31 heavy (non-hydrogen) atoms. The average molecular weight is 506 g/mol. The summed E-state index contributed by atoms with van der Waals surface area (Å²) in [7, 11) is 0. The number of halogens is 1. The van der Waals surface area contributed by atoms with Crippen molar-refractivity contribution in [1.29, 1.82) is 0 Å². The molecule has 4 nitrogen and oxygen atoms in total. The van der Waals surface area contributed by atoms with Crippen LogP contribution in [0.3, 0.4) is 0 Å². The van der Waals surface area contributed by atoms with Crippen LogP contribution in [0.1, 0.15) is 49.4 Å². The van der Waals surface area contributed by atoms with Crippen molar-refractivity contribution < 1.29 is 9.59 Å². The van der Waals surface area contributed by atoms with E-state index in [2.05, 4.69) is 53.3 Å². The fraction of sp³-hybridized carbons (Fsp3) is 0.440. The number of nitrogens with one attached hydrogen (secondary N) is 1. The maximum atomic E-state index is 13.2. The average Bonchev–Trinajstić information content (AvgIpc) is 2.71. The van der Waals surface area contributed by atoms with Crippen molar-refractivity contribution in [3.05, 3.63) is 69.2 Å². The minimum absolute atomic E-state index is 0.0240. The third-order valence-electron chi connectivity index (χ3n) is 5.21. The molecule has 2 atom stereocenters. The highest BCUT2D eigenvalue weighted by Gasteiger charge is 2.26. The van der Waals surface area contributed by atoms with Crippen LogP contribution in [0.5, 0.6) is 0 Å². The van der Waals surface area contributed by atoms with Crippen molar-refractivity contribution in [2.75, 3.05) is 5.75 Å². The lowest BCUT2D eigenvalue weighted by molar-refractivity contribution is -0.138. The van der Waals surface area contributed by atoms with Gasteiger partial charge in [0.05, 0.1) is 5.75 Å². The lowest BCUT2D eigenvalue weighted by atomic mass is 10.1. The molecule has 0 bridgehead atoms. The molecule has 0 saturated heterocycles. The molecule has 168 valence electrons. The molecule has 0 aromatic heterocycles. The molecule has 2 aromatic carbocycles. The number of rotatable bonds is 10. The molecule has 0 fully saturated rings. The molecular weight excluding hydrogens is 472 g/mol. The Morgan fingerprint density at radius 2 is 1.65 bits per heavy atom. The number of hydrogen-bond acceptors (Lipinski definition) is 3. The molecule has 2 rings (SSSR count). The Kier molecular flexibility index (Phi) is 10.1. The fourth-order valence-corrected chi connectivity index (χ4v) is 4.44. The first kappa shape index (κ1) is 25.5. The van der Waals surface area contributed by atoms with E-state index in [0.29, 0.717) is 12.3 Å². The molecule has 0 aliphatic carbocycles. The Labute approximate surface area is 199 Å². The predicted octanol–water partition coefficient (Wildman–Crippen LogP) is 5.63. The monoisotopic (exact) mass is 504 g/mol. The molecule has 2 amide bonds. The zero-order valence-electron chi connectivity index (χ0n) is 19.1. The first-order valence-corrected chi connectivity index (χ1v) is 12.6. The Hall–Kier alpha value is -1.79. The first-order valence-electron chi connectivity index (χ1n) is 10.7. The van der Waals surface area contributed by atoms with E-state index in [1.54, 1.807) is 16.7 Å². The van der Waals surface area contributed by atoms with Crippen LogP contribution in [0.4, 0.5) is 0 Å². The number of aryl methyl sites for hydroxylation is 2. The van der Waals surface area contributed by atoms with E-state index in [9.17, 15) is 9.59 Å². The maximum absolute atomic E-state index is 13.2. The number of carbonyl (C=O) groups excluding carboxylic acids is 2. The minimum Gasteiger partial charge on any atom is -0.352 e. The van der Waals surface area contributed by atoms with E-state index in [1.165, 1.54) is 16.7 Å². The summed E-state index contributed by atoms with van der Waals surface area (Å²) in [6, 6.07) is 13.9. The smallest absolute Gasteiger partial charge is 0.242 e. The minimum atomic E-state index is -0.535. The number of nitrogens with zero attached hydrogens (tertiary/aromatic N) is 1. The van der Waals surface area contributed by atoms with E-state index >= 15 is 0 Å². The second kappa shape index (κ2) is 12.3. The molecule has 6 heteroatoms. The molecule has 0 radical (unpaired) electrons. The van der Waals surface area contributed by atoms with Crippen LogP contribution in [0, 0.1) is 13.8 Å². The molecule has 2 aromatic rings. The van der Waals surface area contributed by atoms with Crippen molar-refractivity contribution in [1.82, 2.24) is 10.2 Å². The maximum Gasteiger partial charge on any atom is 0.242 e. The summed E-state index contributed by atoms with van der Waals surface area (Å²) in [4.78, 5) is 27.6. The second-order valence-corrected chi connectivity index (χ2v) is 10.0. The molecule has 0 spiro atoms. The van der Waals surface area contributed by atoms with Gasteiger partial charge < -0.3 is 10.2 Å². The number of hydrogen-bond donors (Lipinski definition) is 1. The van der Waals surface area contributed by atoms with Gasteiger partial charge in [0.1, 0.15) is 6.04 Å². The number of amides is 2. The van der Waals surface area contributed by atoms with E-state index in [0.717, 1.165) is 22.2 Å². The fourth-order valence-electron chi connectivity index (χ4n) is 3.33. The van der Waals surface area contributed by atoms with Crippen molar-refractivity contribution >= 4 is 39.5 Å². The summed E-state index contributed by atoms with van der Waals surface area (Å²) >= 11 is 5.04. The van der Waals surface area contributed by atoms with Crippen LogP contribution in [0.25, 0.3) is 0 Å². The quantitative estimate of drug-likeness (QED) is 0.455. The van der Waals surface area contributed by atoms with Gasteiger partial charge in [-0.3, -0.25) is 9.59 Å². The summed E-state index contributed by atoms with van der Waals surface area (Å²) in [5.41, 5.74) is 4.68. The van der Waals surface area contributed by atoms with Crippen molar-refractivity contribution in [2.24, 2.45) is 0 Å². The number of benzene rings is 2. The summed E-state index contributed by atoms with van der Waals surface area (Å²) < 4.78 is 0.987. The van der Waals surface area contributed by atoms with E-state index in [-0.39, 0.29) is 17.9 Å². The van der Waals surface area contributed by atoms with Crippen LogP contribution in [-0.4, -0.2) is 34.6 Å².